The topological polar surface area (TPSA) is 213 Å². The molecule has 57 heavy (non-hydrogen) atoms. The number of aliphatic hydroxyl groups excluding tert-OH is 2. The summed E-state index contributed by atoms with van der Waals surface area (Å²) in [6.45, 7) is 18.7. The van der Waals surface area contributed by atoms with Crippen LogP contribution in [0.25, 0.3) is 0 Å². The molecule has 0 aromatic heterocycles. The molecule has 16 heteroatoms. The summed E-state index contributed by atoms with van der Waals surface area (Å²) in [5, 5.41) is 49.2. The Morgan fingerprint density at radius 2 is 1.54 bits per heavy atom. The van der Waals surface area contributed by atoms with E-state index < -0.39 is 102 Å². The molecule has 18 atom stereocenters. The molecule has 0 aromatic rings. The van der Waals surface area contributed by atoms with Crippen molar-refractivity contribution in [3.8, 4) is 0 Å². The number of nitrogens with zero attached hydrogens (tertiary/aromatic N) is 2. The highest BCUT2D eigenvalue weighted by molar-refractivity contribution is 5.88. The fourth-order valence-corrected chi connectivity index (χ4v) is 9.38. The van der Waals surface area contributed by atoms with Crippen molar-refractivity contribution in [3.63, 3.8) is 0 Å². The maximum absolute atomic E-state index is 14.4. The molecule has 0 aliphatic carbocycles. The lowest BCUT2D eigenvalue weighted by atomic mass is 9.73. The molecule has 6 N–H and O–H groups in total. The molecule has 16 nitrogen and oxygen atoms in total. The molecular formula is C41H77N3O13. The molecule has 3 rings (SSSR count). The number of nitrogens with two attached hydrogens (primary N) is 1. The van der Waals surface area contributed by atoms with Gasteiger partial charge < -0.3 is 69.1 Å². The van der Waals surface area contributed by atoms with Crippen LogP contribution in [0, 0.1) is 23.7 Å². The van der Waals surface area contributed by atoms with Gasteiger partial charge in [-0.1, -0.05) is 32.9 Å². The summed E-state index contributed by atoms with van der Waals surface area (Å²) in [6, 6.07) is -0.278. The second-order valence-corrected chi connectivity index (χ2v) is 17.7. The second-order valence-electron chi connectivity index (χ2n) is 17.7. The summed E-state index contributed by atoms with van der Waals surface area (Å²) < 4.78 is 51.4. The Kier molecular flexibility index (Phi) is 18.2. The number of ether oxygens (including phenoxy) is 8. The van der Waals surface area contributed by atoms with Gasteiger partial charge in [0.05, 0.1) is 53.4 Å². The van der Waals surface area contributed by atoms with Crippen molar-refractivity contribution in [2.45, 2.75) is 186 Å². The first-order valence-corrected chi connectivity index (χ1v) is 20.8. The van der Waals surface area contributed by atoms with Crippen molar-refractivity contribution in [1.82, 2.24) is 4.90 Å². The number of carbonyl (C=O) groups is 1. The second kappa shape index (κ2) is 20.8. The summed E-state index contributed by atoms with van der Waals surface area (Å²) >= 11 is 0. The number of cyclic esters (lactones) is 1. The fraction of sp³-hybridized carbons (Fsp3) is 0.951. The number of methoxy groups -OCH3 is 2. The highest BCUT2D eigenvalue weighted by Gasteiger charge is 2.54. The van der Waals surface area contributed by atoms with E-state index in [0.29, 0.717) is 26.0 Å². The lowest BCUT2D eigenvalue weighted by Gasteiger charge is -2.50. The zero-order valence-electron chi connectivity index (χ0n) is 37.0. The minimum absolute atomic E-state index is 0.175. The van der Waals surface area contributed by atoms with Gasteiger partial charge in [-0.25, -0.2) is 0 Å². The molecule has 334 valence electrons. The quantitative estimate of drug-likeness (QED) is 0.0829. The molecular weight excluding hydrogens is 742 g/mol. The van der Waals surface area contributed by atoms with Gasteiger partial charge in [0.15, 0.2) is 12.6 Å². The molecule has 0 unspecified atom stereocenters. The van der Waals surface area contributed by atoms with Crippen LogP contribution in [0.15, 0.2) is 5.16 Å². The standard InChI is InChI=1S/C41H77N3O13/c1-15-29-41(10,48)34(46)24(4)31(43-49)22(2)20-39(8,50-13)35(57-38-32(45)28(44(11)12)19-23(3)53-38)25(5)33(26(6)37(47)55-29)56-30-21-40(9,51-14)36(27(7)54-30)52-18-16-17-42/h22-30,32-36,38,45-46,48-49H,15-21,42H2,1-14H3/b43-31-/t22-,23-,24+,25+,26-,27+,28+,29-,30+,32-,33+,34-,35-,36+,38+,39-,40-,41-/m1/s1. The van der Waals surface area contributed by atoms with Crippen molar-refractivity contribution >= 4 is 11.7 Å². The van der Waals surface area contributed by atoms with Gasteiger partial charge in [0.2, 0.25) is 0 Å². The summed E-state index contributed by atoms with van der Waals surface area (Å²) in [6.07, 6.45) is -6.90. The Labute approximate surface area is 341 Å². The van der Waals surface area contributed by atoms with E-state index in [2.05, 4.69) is 5.16 Å². The van der Waals surface area contributed by atoms with Gasteiger partial charge in [-0.2, -0.15) is 0 Å². The van der Waals surface area contributed by atoms with Crippen LogP contribution < -0.4 is 5.73 Å². The van der Waals surface area contributed by atoms with Gasteiger partial charge in [-0.05, 0) is 87.9 Å². The Morgan fingerprint density at radius 1 is 0.930 bits per heavy atom. The molecule has 0 bridgehead atoms. The summed E-state index contributed by atoms with van der Waals surface area (Å²) in [5.41, 5.74) is 1.95. The maximum atomic E-state index is 14.4. The predicted octanol–water partition coefficient (Wildman–Crippen LogP) is 3.07. The summed E-state index contributed by atoms with van der Waals surface area (Å²) in [7, 11) is 6.94. The first-order chi connectivity index (χ1) is 26.6. The molecule has 3 fully saturated rings. The van der Waals surface area contributed by atoms with E-state index in [1.54, 1.807) is 35.0 Å². The van der Waals surface area contributed by atoms with E-state index in [-0.39, 0.29) is 37.1 Å². The zero-order valence-corrected chi connectivity index (χ0v) is 37.0. The highest BCUT2D eigenvalue weighted by Crippen LogP contribution is 2.42. The molecule has 0 saturated carbocycles. The van der Waals surface area contributed by atoms with Crippen molar-refractivity contribution in [2.24, 2.45) is 34.6 Å². The number of carbonyl (C=O) groups excluding carboxylic acids is 1. The minimum Gasteiger partial charge on any atom is -0.459 e. The van der Waals surface area contributed by atoms with Gasteiger partial charge in [0.25, 0.3) is 0 Å². The van der Waals surface area contributed by atoms with Gasteiger partial charge in [-0.3, -0.25) is 4.79 Å². The number of aliphatic hydroxyl groups is 3. The molecule has 0 amide bonds. The molecule has 3 aliphatic rings. The van der Waals surface area contributed by atoms with E-state index in [1.165, 1.54) is 6.92 Å². The van der Waals surface area contributed by atoms with Crippen LogP contribution in [-0.4, -0.2) is 163 Å². The van der Waals surface area contributed by atoms with Crippen molar-refractivity contribution in [1.29, 1.82) is 0 Å². The monoisotopic (exact) mass is 820 g/mol. The van der Waals surface area contributed by atoms with E-state index >= 15 is 0 Å². The Hall–Kier alpha value is -1.54. The van der Waals surface area contributed by atoms with E-state index in [1.807, 2.05) is 60.5 Å². The van der Waals surface area contributed by atoms with Crippen molar-refractivity contribution in [2.75, 3.05) is 41.5 Å². The van der Waals surface area contributed by atoms with Crippen LogP contribution in [0.5, 0.6) is 0 Å². The number of esters is 1. The van der Waals surface area contributed by atoms with Crippen LogP contribution in [-0.2, 0) is 42.7 Å². The first kappa shape index (κ1) is 49.8. The zero-order chi connectivity index (χ0) is 43.2. The van der Waals surface area contributed by atoms with Crippen LogP contribution in [0.1, 0.15) is 101 Å². The largest absolute Gasteiger partial charge is 0.459 e. The lowest BCUT2D eigenvalue weighted by Crippen LogP contribution is -2.61. The predicted molar refractivity (Wildman–Crippen MR) is 213 cm³/mol. The van der Waals surface area contributed by atoms with Gasteiger partial charge in [-0.15, -0.1) is 0 Å². The fourth-order valence-electron chi connectivity index (χ4n) is 9.38. The number of likely N-dealkylation sites (N-methyl/N-ethyl adjacent to an activating group) is 1. The molecule has 0 aromatic carbocycles. The van der Waals surface area contributed by atoms with Crippen LogP contribution >= 0.6 is 0 Å². The van der Waals surface area contributed by atoms with Gasteiger partial charge in [0, 0.05) is 51.0 Å². The van der Waals surface area contributed by atoms with Crippen LogP contribution in [0.3, 0.4) is 0 Å². The normalized spacial score (nSPS) is 46.5. The third-order valence-corrected chi connectivity index (χ3v) is 13.0. The SMILES string of the molecule is CC[C@H]1OC(=O)[C@H](C)[C@@H](O[C@H]2C[C@@](C)(OC)[C@@H](OCCCN)[C@H](C)O2)[C@H](C)[C@@H](O[C@@H]2O[C@H](C)C[C@H](N(C)C)[C@H]2O)[C@](C)(OC)C[C@@H](C)/C(=N/O)[C@H](C)[C@@H](O)[C@]1(C)O. The smallest absolute Gasteiger partial charge is 0.311 e. The molecule has 3 aliphatic heterocycles. The van der Waals surface area contributed by atoms with Crippen LogP contribution in [0.2, 0.25) is 0 Å². The number of rotatable bonds is 12. The molecule has 3 heterocycles. The summed E-state index contributed by atoms with van der Waals surface area (Å²) in [4.78, 5) is 16.3. The van der Waals surface area contributed by atoms with Crippen molar-refractivity contribution in [3.05, 3.63) is 0 Å². The Bertz CT molecular complexity index is 1290. The summed E-state index contributed by atoms with van der Waals surface area (Å²) in [5.74, 6) is -3.76. The van der Waals surface area contributed by atoms with Crippen molar-refractivity contribution < 1.29 is 63.2 Å². The minimum atomic E-state index is -1.93. The number of oxime groups is 1. The average molecular weight is 820 g/mol. The van der Waals surface area contributed by atoms with E-state index in [9.17, 15) is 25.3 Å². The average Bonchev–Trinajstić information content (AvgIpc) is 3.15. The Morgan fingerprint density at radius 3 is 2.09 bits per heavy atom. The lowest BCUT2D eigenvalue weighted by molar-refractivity contribution is -0.322. The molecule has 0 spiro atoms. The first-order valence-electron chi connectivity index (χ1n) is 20.8. The van der Waals surface area contributed by atoms with E-state index in [4.69, 9.17) is 43.6 Å². The number of hydrogen-bond donors (Lipinski definition) is 5. The molecule has 0 radical (unpaired) electrons. The Balaban J connectivity index is 2.23. The highest BCUT2D eigenvalue weighted by atomic mass is 16.7. The van der Waals surface area contributed by atoms with Gasteiger partial charge >= 0.3 is 5.97 Å². The van der Waals surface area contributed by atoms with Crippen LogP contribution in [0.4, 0.5) is 0 Å². The molecule has 3 saturated heterocycles. The number of hydrogen-bond acceptors (Lipinski definition) is 16. The van der Waals surface area contributed by atoms with Gasteiger partial charge in [0.1, 0.15) is 23.9 Å². The third kappa shape index (κ3) is 11.2. The maximum Gasteiger partial charge on any atom is 0.311 e. The third-order valence-electron chi connectivity index (χ3n) is 13.0. The van der Waals surface area contributed by atoms with E-state index in [0.717, 1.165) is 0 Å².